The van der Waals surface area contributed by atoms with E-state index in [2.05, 4.69) is 10.6 Å². The number of ether oxygens (including phenoxy) is 2. The summed E-state index contributed by atoms with van der Waals surface area (Å²) in [6, 6.07) is 12.8. The van der Waals surface area contributed by atoms with E-state index in [0.717, 1.165) is 18.4 Å². The van der Waals surface area contributed by atoms with Crippen LogP contribution in [0.5, 0.6) is 11.5 Å². The molecule has 1 aliphatic rings. The van der Waals surface area contributed by atoms with Gasteiger partial charge < -0.3 is 20.1 Å². The van der Waals surface area contributed by atoms with Gasteiger partial charge in [-0.2, -0.15) is 0 Å². The number of para-hydroxylation sites is 1. The zero-order chi connectivity index (χ0) is 19.9. The van der Waals surface area contributed by atoms with Gasteiger partial charge in [-0.25, -0.2) is 0 Å². The predicted octanol–water partition coefficient (Wildman–Crippen LogP) is 4.33. The van der Waals surface area contributed by atoms with Gasteiger partial charge in [-0.15, -0.1) is 0 Å². The van der Waals surface area contributed by atoms with E-state index in [9.17, 15) is 9.59 Å². The van der Waals surface area contributed by atoms with Gasteiger partial charge in [-0.3, -0.25) is 9.59 Å². The summed E-state index contributed by atoms with van der Waals surface area (Å²) in [5.41, 5.74) is 2.13. The van der Waals surface area contributed by atoms with Gasteiger partial charge in [0.15, 0.2) is 11.5 Å². The van der Waals surface area contributed by atoms with Crippen molar-refractivity contribution in [2.45, 2.75) is 39.0 Å². The Balaban J connectivity index is 1.79. The van der Waals surface area contributed by atoms with Gasteiger partial charge in [0, 0.05) is 23.9 Å². The minimum Gasteiger partial charge on any atom is -0.490 e. The Bertz CT molecular complexity index is 850. The smallest absolute Gasteiger partial charge is 0.232 e. The van der Waals surface area contributed by atoms with Crippen molar-refractivity contribution >= 4 is 23.2 Å². The third kappa shape index (κ3) is 4.63. The van der Waals surface area contributed by atoms with E-state index >= 15 is 0 Å². The van der Waals surface area contributed by atoms with Crippen molar-refractivity contribution < 1.29 is 19.1 Å². The summed E-state index contributed by atoms with van der Waals surface area (Å²) in [6.45, 7) is 5.24. The van der Waals surface area contributed by atoms with E-state index < -0.39 is 5.92 Å². The molecular weight excluding hydrogens is 356 g/mol. The van der Waals surface area contributed by atoms with E-state index in [1.807, 2.05) is 38.1 Å². The monoisotopic (exact) mass is 382 g/mol. The first-order chi connectivity index (χ1) is 13.6. The highest BCUT2D eigenvalue weighted by molar-refractivity contribution is 6.05. The Morgan fingerprint density at radius 1 is 1.07 bits per heavy atom. The van der Waals surface area contributed by atoms with Gasteiger partial charge in [-0.05, 0) is 36.6 Å². The molecule has 2 aromatic carbocycles. The molecule has 1 aliphatic heterocycles. The number of hydrogen-bond donors (Lipinski definition) is 2. The summed E-state index contributed by atoms with van der Waals surface area (Å²) in [5.74, 6) is 0.367. The zero-order valence-electron chi connectivity index (χ0n) is 16.3. The topological polar surface area (TPSA) is 76.7 Å². The first kappa shape index (κ1) is 19.7. The summed E-state index contributed by atoms with van der Waals surface area (Å²) >= 11 is 0. The van der Waals surface area contributed by atoms with Crippen LogP contribution >= 0.6 is 0 Å². The highest BCUT2D eigenvalue weighted by Crippen LogP contribution is 2.34. The molecule has 0 radical (unpaired) electrons. The third-order valence-electron chi connectivity index (χ3n) is 4.45. The SMILES string of the molecule is CCCOc1ccc(NC(=O)[C@@H]2CC(=O)Nc3ccccc32)cc1OCCC. The van der Waals surface area contributed by atoms with Crippen LogP contribution in [-0.2, 0) is 9.59 Å². The van der Waals surface area contributed by atoms with E-state index in [-0.39, 0.29) is 18.2 Å². The number of benzene rings is 2. The van der Waals surface area contributed by atoms with Crippen molar-refractivity contribution in [3.8, 4) is 11.5 Å². The Morgan fingerprint density at radius 3 is 2.54 bits per heavy atom. The van der Waals surface area contributed by atoms with Gasteiger partial charge in [0.2, 0.25) is 11.8 Å². The molecule has 0 saturated carbocycles. The molecule has 1 atom stereocenters. The average molecular weight is 382 g/mol. The third-order valence-corrected chi connectivity index (χ3v) is 4.45. The number of rotatable bonds is 8. The molecule has 6 nitrogen and oxygen atoms in total. The van der Waals surface area contributed by atoms with Crippen LogP contribution in [0.3, 0.4) is 0 Å². The van der Waals surface area contributed by atoms with Crippen molar-refractivity contribution in [3.05, 3.63) is 48.0 Å². The molecule has 2 amide bonds. The molecule has 2 aromatic rings. The van der Waals surface area contributed by atoms with Crippen LogP contribution in [-0.4, -0.2) is 25.0 Å². The van der Waals surface area contributed by atoms with Crippen LogP contribution in [0, 0.1) is 0 Å². The molecule has 0 unspecified atom stereocenters. The molecule has 28 heavy (non-hydrogen) atoms. The Labute approximate surface area is 165 Å². The molecule has 0 fully saturated rings. The van der Waals surface area contributed by atoms with Crippen LogP contribution in [0.15, 0.2) is 42.5 Å². The van der Waals surface area contributed by atoms with E-state index in [1.165, 1.54) is 0 Å². The number of carbonyl (C=O) groups excluding carboxylic acids is 2. The lowest BCUT2D eigenvalue weighted by atomic mass is 9.90. The van der Waals surface area contributed by atoms with Gasteiger partial charge in [-0.1, -0.05) is 32.0 Å². The molecule has 1 heterocycles. The van der Waals surface area contributed by atoms with E-state index in [4.69, 9.17) is 9.47 Å². The minimum atomic E-state index is -0.527. The molecule has 0 aromatic heterocycles. The molecule has 0 saturated heterocycles. The predicted molar refractivity (Wildman–Crippen MR) is 109 cm³/mol. The number of amides is 2. The second-order valence-electron chi connectivity index (χ2n) is 6.74. The highest BCUT2D eigenvalue weighted by Gasteiger charge is 2.30. The number of fused-ring (bicyclic) bond motifs is 1. The van der Waals surface area contributed by atoms with Gasteiger partial charge >= 0.3 is 0 Å². The van der Waals surface area contributed by atoms with Gasteiger partial charge in [0.05, 0.1) is 19.1 Å². The molecule has 0 spiro atoms. The molecule has 2 N–H and O–H groups in total. The second kappa shape index (κ2) is 9.26. The van der Waals surface area contributed by atoms with Crippen LogP contribution < -0.4 is 20.1 Å². The van der Waals surface area contributed by atoms with Crippen LogP contribution in [0.25, 0.3) is 0 Å². The maximum atomic E-state index is 12.9. The molecule has 3 rings (SSSR count). The average Bonchev–Trinajstić information content (AvgIpc) is 2.70. The van der Waals surface area contributed by atoms with E-state index in [0.29, 0.717) is 36.1 Å². The van der Waals surface area contributed by atoms with Crippen LogP contribution in [0.1, 0.15) is 44.6 Å². The Morgan fingerprint density at radius 2 is 1.79 bits per heavy atom. The highest BCUT2D eigenvalue weighted by atomic mass is 16.5. The van der Waals surface area contributed by atoms with Crippen molar-refractivity contribution in [2.24, 2.45) is 0 Å². The lowest BCUT2D eigenvalue weighted by molar-refractivity contribution is -0.123. The van der Waals surface area contributed by atoms with Crippen molar-refractivity contribution in [1.29, 1.82) is 0 Å². The lowest BCUT2D eigenvalue weighted by Crippen LogP contribution is -2.30. The van der Waals surface area contributed by atoms with Crippen molar-refractivity contribution in [2.75, 3.05) is 23.8 Å². The maximum absolute atomic E-state index is 12.9. The fourth-order valence-electron chi connectivity index (χ4n) is 3.12. The zero-order valence-corrected chi connectivity index (χ0v) is 16.3. The fraction of sp³-hybridized carbons (Fsp3) is 0.364. The van der Waals surface area contributed by atoms with Crippen LogP contribution in [0.2, 0.25) is 0 Å². The number of anilines is 2. The number of hydrogen-bond acceptors (Lipinski definition) is 4. The maximum Gasteiger partial charge on any atom is 0.232 e. The first-order valence-electron chi connectivity index (χ1n) is 9.71. The Kier molecular flexibility index (Phi) is 6.53. The largest absolute Gasteiger partial charge is 0.490 e. The Hall–Kier alpha value is -3.02. The summed E-state index contributed by atoms with van der Waals surface area (Å²) in [5, 5.41) is 5.73. The van der Waals surface area contributed by atoms with Gasteiger partial charge in [0.25, 0.3) is 0 Å². The second-order valence-corrected chi connectivity index (χ2v) is 6.74. The molecule has 0 aliphatic carbocycles. The minimum absolute atomic E-state index is 0.125. The van der Waals surface area contributed by atoms with Crippen LogP contribution in [0.4, 0.5) is 11.4 Å². The lowest BCUT2D eigenvalue weighted by Gasteiger charge is -2.25. The quantitative estimate of drug-likeness (QED) is 0.712. The molecule has 148 valence electrons. The van der Waals surface area contributed by atoms with Crippen molar-refractivity contribution in [3.63, 3.8) is 0 Å². The fourth-order valence-corrected chi connectivity index (χ4v) is 3.12. The number of carbonyl (C=O) groups is 2. The van der Waals surface area contributed by atoms with E-state index in [1.54, 1.807) is 18.2 Å². The standard InChI is InChI=1S/C22H26N2O4/c1-3-11-27-19-10-9-15(13-20(19)28-12-4-2)23-22(26)17-14-21(25)24-18-8-6-5-7-16(17)18/h5-10,13,17H,3-4,11-12,14H2,1-2H3,(H,23,26)(H,24,25)/t17-/m1/s1. The summed E-state index contributed by atoms with van der Waals surface area (Å²) in [4.78, 5) is 24.9. The summed E-state index contributed by atoms with van der Waals surface area (Å²) in [7, 11) is 0. The van der Waals surface area contributed by atoms with Gasteiger partial charge in [0.1, 0.15) is 0 Å². The number of nitrogens with one attached hydrogen (secondary N) is 2. The molecule has 6 heteroatoms. The first-order valence-corrected chi connectivity index (χ1v) is 9.71. The summed E-state index contributed by atoms with van der Waals surface area (Å²) < 4.78 is 11.5. The van der Waals surface area contributed by atoms with Crippen molar-refractivity contribution in [1.82, 2.24) is 0 Å². The normalized spacial score (nSPS) is 15.4. The molecular formula is C22H26N2O4. The molecule has 0 bridgehead atoms. The summed E-state index contributed by atoms with van der Waals surface area (Å²) in [6.07, 6.45) is 1.90.